The van der Waals surface area contributed by atoms with Crippen LogP contribution < -0.4 is 10.1 Å². The predicted molar refractivity (Wildman–Crippen MR) is 81.1 cm³/mol. The molecule has 1 N–H and O–H groups in total. The zero-order valence-electron chi connectivity index (χ0n) is 13.1. The van der Waals surface area contributed by atoms with E-state index in [1.165, 1.54) is 5.56 Å². The Kier molecular flexibility index (Phi) is 4.90. The van der Waals surface area contributed by atoms with Gasteiger partial charge in [0, 0.05) is 12.1 Å². The molecule has 0 saturated heterocycles. The van der Waals surface area contributed by atoms with Crippen LogP contribution in [0, 0.1) is 0 Å². The van der Waals surface area contributed by atoms with E-state index in [2.05, 4.69) is 53.7 Å². The summed E-state index contributed by atoms with van der Waals surface area (Å²) in [6, 6.07) is 8.07. The highest BCUT2D eigenvalue weighted by atomic mass is 16.5. The van der Waals surface area contributed by atoms with Crippen molar-refractivity contribution in [3.63, 3.8) is 0 Å². The SMILES string of the molecule is COc1ccc(CCn2nnnc2CNC(C)(C)C)cc1. The molecule has 6 nitrogen and oxygen atoms in total. The summed E-state index contributed by atoms with van der Waals surface area (Å²) in [5.41, 5.74) is 1.29. The molecule has 0 spiro atoms. The van der Waals surface area contributed by atoms with Gasteiger partial charge in [0.05, 0.1) is 13.7 Å². The van der Waals surface area contributed by atoms with E-state index in [-0.39, 0.29) is 5.54 Å². The van der Waals surface area contributed by atoms with Gasteiger partial charge in [0.15, 0.2) is 5.82 Å². The predicted octanol–water partition coefficient (Wildman–Crippen LogP) is 1.81. The number of aromatic nitrogens is 4. The summed E-state index contributed by atoms with van der Waals surface area (Å²) < 4.78 is 7.01. The number of tetrazole rings is 1. The quantitative estimate of drug-likeness (QED) is 0.878. The van der Waals surface area contributed by atoms with Crippen molar-refractivity contribution >= 4 is 0 Å². The maximum Gasteiger partial charge on any atom is 0.165 e. The van der Waals surface area contributed by atoms with Crippen LogP contribution in [0.1, 0.15) is 32.2 Å². The van der Waals surface area contributed by atoms with Crippen molar-refractivity contribution in [1.82, 2.24) is 25.5 Å². The fourth-order valence-corrected chi connectivity index (χ4v) is 1.89. The Balaban J connectivity index is 1.92. The molecule has 114 valence electrons. The number of nitrogens with one attached hydrogen (secondary N) is 1. The largest absolute Gasteiger partial charge is 0.497 e. The van der Waals surface area contributed by atoms with Crippen molar-refractivity contribution in [3.05, 3.63) is 35.7 Å². The number of hydrogen-bond donors (Lipinski definition) is 1. The van der Waals surface area contributed by atoms with E-state index in [1.54, 1.807) is 7.11 Å². The molecule has 0 fully saturated rings. The number of ether oxygens (including phenoxy) is 1. The highest BCUT2D eigenvalue weighted by Crippen LogP contribution is 2.12. The van der Waals surface area contributed by atoms with Crippen LogP contribution in [0.2, 0.25) is 0 Å². The highest BCUT2D eigenvalue weighted by molar-refractivity contribution is 5.27. The summed E-state index contributed by atoms with van der Waals surface area (Å²) in [5.74, 6) is 1.73. The third-order valence-corrected chi connectivity index (χ3v) is 3.15. The highest BCUT2D eigenvalue weighted by Gasteiger charge is 2.12. The molecule has 0 unspecified atom stereocenters. The maximum atomic E-state index is 5.16. The van der Waals surface area contributed by atoms with Gasteiger partial charge in [-0.15, -0.1) is 5.10 Å². The molecule has 1 aromatic heterocycles. The molecule has 0 bridgehead atoms. The number of benzene rings is 1. The number of nitrogens with zero attached hydrogens (tertiary/aromatic N) is 4. The Morgan fingerprint density at radius 2 is 1.90 bits per heavy atom. The summed E-state index contributed by atoms with van der Waals surface area (Å²) >= 11 is 0. The van der Waals surface area contributed by atoms with E-state index < -0.39 is 0 Å². The van der Waals surface area contributed by atoms with Crippen LogP contribution >= 0.6 is 0 Å². The van der Waals surface area contributed by atoms with E-state index in [4.69, 9.17) is 4.74 Å². The second kappa shape index (κ2) is 6.67. The third-order valence-electron chi connectivity index (χ3n) is 3.15. The van der Waals surface area contributed by atoms with Crippen LogP contribution in [-0.4, -0.2) is 32.9 Å². The zero-order valence-corrected chi connectivity index (χ0v) is 13.1. The van der Waals surface area contributed by atoms with Gasteiger partial charge >= 0.3 is 0 Å². The Bertz CT molecular complexity index is 556. The van der Waals surface area contributed by atoms with E-state index in [9.17, 15) is 0 Å². The van der Waals surface area contributed by atoms with Gasteiger partial charge in [-0.2, -0.15) is 0 Å². The van der Waals surface area contributed by atoms with Crippen LogP contribution in [0.3, 0.4) is 0 Å². The van der Waals surface area contributed by atoms with Gasteiger partial charge in [-0.3, -0.25) is 0 Å². The van der Waals surface area contributed by atoms with Gasteiger partial charge in [-0.05, 0) is 55.3 Å². The maximum absolute atomic E-state index is 5.16. The first-order chi connectivity index (χ1) is 9.98. The van der Waals surface area contributed by atoms with Crippen molar-refractivity contribution in [2.45, 2.75) is 45.8 Å². The zero-order chi connectivity index (χ0) is 15.3. The van der Waals surface area contributed by atoms with Gasteiger partial charge in [0.1, 0.15) is 5.75 Å². The molecule has 0 aliphatic rings. The standard InChI is InChI=1S/C15H23N5O/c1-15(2,3)16-11-14-17-18-19-20(14)10-9-12-5-7-13(21-4)8-6-12/h5-8,16H,9-11H2,1-4H3. The van der Waals surface area contributed by atoms with Crippen molar-refractivity contribution in [2.75, 3.05) is 7.11 Å². The lowest BCUT2D eigenvalue weighted by Crippen LogP contribution is -2.36. The summed E-state index contributed by atoms with van der Waals surface area (Å²) in [7, 11) is 1.67. The minimum Gasteiger partial charge on any atom is -0.497 e. The van der Waals surface area contributed by atoms with Crippen molar-refractivity contribution in [2.24, 2.45) is 0 Å². The minimum atomic E-state index is 0.0484. The number of hydrogen-bond acceptors (Lipinski definition) is 5. The molecule has 0 amide bonds. The fourth-order valence-electron chi connectivity index (χ4n) is 1.89. The normalized spacial score (nSPS) is 11.6. The third kappa shape index (κ3) is 4.82. The summed E-state index contributed by atoms with van der Waals surface area (Å²) in [5, 5.41) is 15.3. The van der Waals surface area contributed by atoms with Crippen molar-refractivity contribution < 1.29 is 4.74 Å². The second-order valence-electron chi connectivity index (χ2n) is 6.02. The average Bonchev–Trinajstić information content (AvgIpc) is 2.90. The minimum absolute atomic E-state index is 0.0484. The average molecular weight is 289 g/mol. The van der Waals surface area contributed by atoms with Crippen molar-refractivity contribution in [3.8, 4) is 5.75 Å². The van der Waals surface area contributed by atoms with Crippen LogP contribution in [0.5, 0.6) is 5.75 Å². The topological polar surface area (TPSA) is 64.9 Å². The smallest absolute Gasteiger partial charge is 0.165 e. The Labute approximate surface area is 125 Å². The molecule has 2 aromatic rings. The van der Waals surface area contributed by atoms with E-state index in [0.717, 1.165) is 24.5 Å². The lowest BCUT2D eigenvalue weighted by molar-refractivity contribution is 0.407. The molecule has 0 atom stereocenters. The number of aryl methyl sites for hydroxylation is 2. The van der Waals surface area contributed by atoms with Gasteiger partial charge in [-0.1, -0.05) is 12.1 Å². The first-order valence-corrected chi connectivity index (χ1v) is 7.11. The van der Waals surface area contributed by atoms with E-state index >= 15 is 0 Å². The number of methoxy groups -OCH3 is 1. The number of rotatable bonds is 6. The van der Waals surface area contributed by atoms with Gasteiger partial charge < -0.3 is 10.1 Å². The Morgan fingerprint density at radius 3 is 2.52 bits per heavy atom. The molecular weight excluding hydrogens is 266 g/mol. The molecule has 0 saturated carbocycles. The van der Waals surface area contributed by atoms with Gasteiger partial charge in [0.2, 0.25) is 0 Å². The molecular formula is C15H23N5O. The lowest BCUT2D eigenvalue weighted by Gasteiger charge is -2.19. The molecule has 0 aliphatic heterocycles. The van der Waals surface area contributed by atoms with Gasteiger partial charge in [0.25, 0.3) is 0 Å². The molecule has 0 aliphatic carbocycles. The lowest BCUT2D eigenvalue weighted by atomic mass is 10.1. The van der Waals surface area contributed by atoms with Crippen LogP contribution in [0.15, 0.2) is 24.3 Å². The summed E-state index contributed by atoms with van der Waals surface area (Å²) in [4.78, 5) is 0. The van der Waals surface area contributed by atoms with Crippen LogP contribution in [-0.2, 0) is 19.5 Å². The summed E-state index contributed by atoms with van der Waals surface area (Å²) in [6.07, 6.45) is 0.886. The second-order valence-corrected chi connectivity index (χ2v) is 6.02. The molecule has 1 heterocycles. The van der Waals surface area contributed by atoms with Crippen LogP contribution in [0.25, 0.3) is 0 Å². The Morgan fingerprint density at radius 1 is 1.19 bits per heavy atom. The molecule has 1 aromatic carbocycles. The Hall–Kier alpha value is -1.95. The molecule has 6 heteroatoms. The van der Waals surface area contributed by atoms with Crippen molar-refractivity contribution in [1.29, 1.82) is 0 Å². The van der Waals surface area contributed by atoms with Gasteiger partial charge in [-0.25, -0.2) is 4.68 Å². The molecule has 21 heavy (non-hydrogen) atoms. The summed E-state index contributed by atoms with van der Waals surface area (Å²) in [6.45, 7) is 7.80. The van der Waals surface area contributed by atoms with E-state index in [1.807, 2.05) is 16.8 Å². The first kappa shape index (κ1) is 15.4. The van der Waals surface area contributed by atoms with E-state index in [0.29, 0.717) is 6.54 Å². The molecule has 0 radical (unpaired) electrons. The fraction of sp³-hybridized carbons (Fsp3) is 0.533. The van der Waals surface area contributed by atoms with Crippen LogP contribution in [0.4, 0.5) is 0 Å². The molecule has 2 rings (SSSR count). The first-order valence-electron chi connectivity index (χ1n) is 7.11. The monoisotopic (exact) mass is 289 g/mol.